The number of phenols is 1. The van der Waals surface area contributed by atoms with E-state index in [0.717, 1.165) is 63.8 Å². The van der Waals surface area contributed by atoms with Crippen LogP contribution >= 0.6 is 0 Å². The summed E-state index contributed by atoms with van der Waals surface area (Å²) >= 11 is 0. The minimum absolute atomic E-state index is 0.312. The van der Waals surface area contributed by atoms with Crippen molar-refractivity contribution in [1.29, 1.82) is 0 Å². The second-order valence-corrected chi connectivity index (χ2v) is 17.6. The zero-order chi connectivity index (χ0) is 37.1. The van der Waals surface area contributed by atoms with Crippen LogP contribution in [0.5, 0.6) is 5.75 Å². The minimum atomic E-state index is -0.638. The van der Waals surface area contributed by atoms with Crippen LogP contribution in [0.3, 0.4) is 0 Å². The van der Waals surface area contributed by atoms with Crippen LogP contribution in [0.2, 0.25) is 0 Å². The molecule has 1 fully saturated rings. The molecule has 8 atom stereocenters. The number of unbranched alkanes of at least 4 members (excludes halogenated alkanes) is 3. The van der Waals surface area contributed by atoms with Crippen molar-refractivity contribution in [3.05, 3.63) is 123 Å². The van der Waals surface area contributed by atoms with Crippen molar-refractivity contribution in [3.8, 4) is 5.75 Å². The van der Waals surface area contributed by atoms with Gasteiger partial charge in [-0.05, 0) is 164 Å². The van der Waals surface area contributed by atoms with Crippen LogP contribution < -0.4 is 16.2 Å². The van der Waals surface area contributed by atoms with Gasteiger partial charge in [-0.1, -0.05) is 116 Å². The molecule has 54 heavy (non-hydrogen) atoms. The van der Waals surface area contributed by atoms with E-state index in [-0.39, 0.29) is 0 Å². The summed E-state index contributed by atoms with van der Waals surface area (Å²) in [6.45, 7) is 0.766. The normalized spacial score (nSPS) is 29.9. The molecule has 4 heteroatoms. The van der Waals surface area contributed by atoms with Gasteiger partial charge >= 0.3 is 5.97 Å². The maximum atomic E-state index is 13.6. The number of allylic oxidation sites excluding steroid dienone is 3. The van der Waals surface area contributed by atoms with Crippen LogP contribution in [0.15, 0.2) is 90.5 Å². The zero-order valence-corrected chi connectivity index (χ0v) is 32.2. The molecule has 0 heterocycles. The lowest BCUT2D eigenvalue weighted by molar-refractivity contribution is -0.147. The number of carbonyl (C=O) groups is 1. The first-order chi connectivity index (χ1) is 26.4. The first-order valence-corrected chi connectivity index (χ1v) is 21.4. The van der Waals surface area contributed by atoms with Gasteiger partial charge in [-0.2, -0.15) is 0 Å². The van der Waals surface area contributed by atoms with Crippen molar-refractivity contribution in [2.24, 2.45) is 41.2 Å². The zero-order valence-electron chi connectivity index (χ0n) is 32.2. The van der Waals surface area contributed by atoms with Gasteiger partial charge in [0.25, 0.3) is 0 Å². The molecule has 5 aliphatic carbocycles. The smallest absolute Gasteiger partial charge is 0.307 e. The molecule has 0 aliphatic heterocycles. The minimum Gasteiger partial charge on any atom is -0.508 e. The van der Waals surface area contributed by atoms with Gasteiger partial charge in [0.1, 0.15) is 5.75 Å². The average Bonchev–Trinajstić information content (AvgIpc) is 3.63. The first kappa shape index (κ1) is 37.1. The van der Waals surface area contributed by atoms with Crippen LogP contribution in [0.1, 0.15) is 118 Å². The fourth-order valence-electron chi connectivity index (χ4n) is 11.8. The number of fused-ring (bicyclic) bond motifs is 3. The number of nitrogens with two attached hydrogens (primary N) is 1. The Morgan fingerprint density at radius 1 is 0.815 bits per heavy atom. The monoisotopic (exact) mass is 723 g/mol. The van der Waals surface area contributed by atoms with Gasteiger partial charge in [0.05, 0.1) is 5.92 Å². The van der Waals surface area contributed by atoms with Gasteiger partial charge in [0, 0.05) is 5.41 Å². The molecular formula is C50H61NO3. The molecule has 5 aliphatic rings. The quantitative estimate of drug-likeness (QED) is 0.136. The molecule has 284 valence electrons. The fourth-order valence-corrected chi connectivity index (χ4v) is 11.8. The number of hydrogen-bond donors (Lipinski definition) is 3. The van der Waals surface area contributed by atoms with E-state index in [1.807, 2.05) is 12.1 Å². The summed E-state index contributed by atoms with van der Waals surface area (Å²) in [6.07, 6.45) is 29.6. The number of phenolic OH excluding ortho intramolecular Hbond substituents is 1. The average molecular weight is 724 g/mol. The molecule has 0 amide bonds. The third-order valence-electron chi connectivity index (χ3n) is 14.5. The van der Waals surface area contributed by atoms with Crippen LogP contribution in [0.25, 0.3) is 12.2 Å². The highest BCUT2D eigenvalue weighted by atomic mass is 16.4. The summed E-state index contributed by atoms with van der Waals surface area (Å²) in [4.78, 5) is 13.6. The van der Waals surface area contributed by atoms with E-state index in [0.29, 0.717) is 41.8 Å². The van der Waals surface area contributed by atoms with E-state index in [2.05, 4.69) is 85.0 Å². The number of aliphatic carboxylic acids is 1. The van der Waals surface area contributed by atoms with Crippen LogP contribution in [-0.2, 0) is 23.1 Å². The second kappa shape index (κ2) is 16.5. The lowest BCUT2D eigenvalue weighted by Gasteiger charge is -2.55. The van der Waals surface area contributed by atoms with Crippen LogP contribution in [0.4, 0.5) is 0 Å². The Labute approximate surface area is 323 Å². The molecule has 3 aromatic carbocycles. The number of aryl methyl sites for hydroxylation is 1. The van der Waals surface area contributed by atoms with Crippen molar-refractivity contribution >= 4 is 18.1 Å². The third kappa shape index (κ3) is 7.65. The SMILES string of the molecule is NCCC1=CC(CCCCCCC2CC=CCC(C(=O)O)C34CC5C=c6ccccc6=CC5CC3CCc3ccc(cc34)CC2c2ccc(O)cc2)CC1. The highest BCUT2D eigenvalue weighted by molar-refractivity contribution is 5.74. The lowest BCUT2D eigenvalue weighted by atomic mass is 9.47. The Bertz CT molecular complexity index is 1970. The summed E-state index contributed by atoms with van der Waals surface area (Å²) in [5.41, 5.74) is 12.3. The molecule has 4 nitrogen and oxygen atoms in total. The highest BCUT2D eigenvalue weighted by Crippen LogP contribution is 2.59. The van der Waals surface area contributed by atoms with Crippen molar-refractivity contribution in [2.45, 2.75) is 114 Å². The lowest BCUT2D eigenvalue weighted by Crippen LogP contribution is -2.54. The van der Waals surface area contributed by atoms with E-state index < -0.39 is 17.3 Å². The van der Waals surface area contributed by atoms with E-state index in [4.69, 9.17) is 5.73 Å². The molecule has 8 unspecified atom stereocenters. The molecule has 1 saturated carbocycles. The summed E-state index contributed by atoms with van der Waals surface area (Å²) in [7, 11) is 0. The number of carboxylic acid groups (broad SMARTS) is 1. The van der Waals surface area contributed by atoms with E-state index in [9.17, 15) is 15.0 Å². The predicted octanol–water partition coefficient (Wildman–Crippen LogP) is 9.51. The Morgan fingerprint density at radius 3 is 2.35 bits per heavy atom. The van der Waals surface area contributed by atoms with Crippen molar-refractivity contribution in [3.63, 3.8) is 0 Å². The third-order valence-corrected chi connectivity index (χ3v) is 14.5. The molecule has 0 saturated heterocycles. The predicted molar refractivity (Wildman–Crippen MR) is 220 cm³/mol. The summed E-state index contributed by atoms with van der Waals surface area (Å²) in [5, 5.41) is 24.0. The fraction of sp³-hybridized carbons (Fsp3) is 0.500. The highest BCUT2D eigenvalue weighted by Gasteiger charge is 2.56. The van der Waals surface area contributed by atoms with Gasteiger partial charge < -0.3 is 15.9 Å². The Kier molecular flexibility index (Phi) is 11.3. The van der Waals surface area contributed by atoms with Gasteiger partial charge in [-0.25, -0.2) is 0 Å². The maximum absolute atomic E-state index is 13.6. The van der Waals surface area contributed by atoms with Crippen LogP contribution in [0, 0.1) is 35.5 Å². The second-order valence-electron chi connectivity index (χ2n) is 17.6. The molecule has 0 radical (unpaired) electrons. The number of carboxylic acids is 1. The Morgan fingerprint density at radius 2 is 1.57 bits per heavy atom. The number of benzene rings is 3. The number of aromatic hydroxyl groups is 1. The van der Waals surface area contributed by atoms with Gasteiger partial charge in [-0.15, -0.1) is 0 Å². The van der Waals surface area contributed by atoms with Crippen molar-refractivity contribution in [1.82, 2.24) is 0 Å². The molecule has 8 rings (SSSR count). The molecule has 0 aromatic heterocycles. The molecular weight excluding hydrogens is 663 g/mol. The van der Waals surface area contributed by atoms with E-state index >= 15 is 0 Å². The molecule has 1 spiro atoms. The summed E-state index contributed by atoms with van der Waals surface area (Å²) < 4.78 is 0. The van der Waals surface area contributed by atoms with Crippen molar-refractivity contribution in [2.75, 3.05) is 6.54 Å². The summed E-state index contributed by atoms with van der Waals surface area (Å²) in [6, 6.07) is 23.9. The van der Waals surface area contributed by atoms with Gasteiger partial charge in [0.15, 0.2) is 0 Å². The van der Waals surface area contributed by atoms with Crippen LogP contribution in [-0.4, -0.2) is 22.7 Å². The summed E-state index contributed by atoms with van der Waals surface area (Å²) in [5.74, 6) is 1.85. The Hall–Kier alpha value is -3.89. The number of rotatable bonds is 11. The molecule has 2 bridgehead atoms. The van der Waals surface area contributed by atoms with Gasteiger partial charge in [0.2, 0.25) is 0 Å². The standard InChI is InChI=1S/C50H61NO3/c51-26-25-35-16-15-34(27-35)9-3-1-2-4-10-37-11-7-8-14-47(49(53)54)50-33-43-31-41-13-6-5-12-40(41)30-42(43)32-44(50)22-19-39-18-17-36(29-48(39)50)28-46(37)38-20-23-45(52)24-21-38/h5-8,12-13,17-18,20-21,23-24,27,29-31,34,37,42-44,46-47,52H,1-4,9-11,14-16,19,22,25-26,28,32-33,51H2,(H,53,54). The molecule has 3 aromatic rings. The largest absolute Gasteiger partial charge is 0.508 e. The van der Waals surface area contributed by atoms with Crippen molar-refractivity contribution < 1.29 is 15.0 Å². The Balaban J connectivity index is 1.08. The topological polar surface area (TPSA) is 83.6 Å². The number of hydrogen-bond acceptors (Lipinski definition) is 3. The maximum Gasteiger partial charge on any atom is 0.307 e. The van der Waals surface area contributed by atoms with E-state index in [1.165, 1.54) is 77.6 Å². The van der Waals surface area contributed by atoms with E-state index in [1.54, 1.807) is 5.57 Å². The molecule has 4 N–H and O–H groups in total. The van der Waals surface area contributed by atoms with Gasteiger partial charge in [-0.3, -0.25) is 4.79 Å². The first-order valence-electron chi connectivity index (χ1n) is 21.4.